The molecule has 0 amide bonds. The van der Waals surface area contributed by atoms with Crippen LogP contribution in [0.25, 0.3) is 0 Å². The van der Waals surface area contributed by atoms with Gasteiger partial charge >= 0.3 is 5.97 Å². The van der Waals surface area contributed by atoms with Gasteiger partial charge in [0.15, 0.2) is 0 Å². The van der Waals surface area contributed by atoms with Crippen LogP contribution in [0.15, 0.2) is 12.1 Å². The number of nitriles is 1. The molecule has 0 bridgehead atoms. The molecule has 0 aromatic heterocycles. The molecule has 0 aliphatic rings. The number of ether oxygens (including phenoxy) is 1. The summed E-state index contributed by atoms with van der Waals surface area (Å²) in [4.78, 5) is 10.9. The van der Waals surface area contributed by atoms with Crippen LogP contribution in [-0.4, -0.2) is 17.7 Å². The third-order valence-electron chi connectivity index (χ3n) is 1.84. The molecule has 0 atom stereocenters. The minimum Gasteiger partial charge on any atom is -0.492 e. The molecule has 78 valence electrons. The van der Waals surface area contributed by atoms with Gasteiger partial charge in [-0.25, -0.2) is 4.79 Å². The third kappa shape index (κ3) is 1.99. The molecule has 0 radical (unpaired) electrons. The van der Waals surface area contributed by atoms with Crippen LogP contribution in [0.5, 0.6) is 5.75 Å². The zero-order valence-corrected chi connectivity index (χ0v) is 8.15. The molecule has 0 saturated carbocycles. The number of anilines is 1. The van der Waals surface area contributed by atoms with Gasteiger partial charge in [-0.2, -0.15) is 5.26 Å². The maximum atomic E-state index is 10.9. The monoisotopic (exact) mass is 206 g/mol. The number of nitrogens with zero attached hydrogens (tertiary/aromatic N) is 1. The molecule has 0 aliphatic heterocycles. The molecule has 5 heteroatoms. The fourth-order valence-corrected chi connectivity index (χ4v) is 1.21. The number of benzene rings is 1. The van der Waals surface area contributed by atoms with E-state index in [2.05, 4.69) is 0 Å². The Morgan fingerprint density at radius 1 is 1.67 bits per heavy atom. The zero-order valence-electron chi connectivity index (χ0n) is 8.15. The molecule has 1 rings (SSSR count). The molecule has 0 saturated heterocycles. The number of nitrogens with two attached hydrogens (primary N) is 1. The van der Waals surface area contributed by atoms with Crippen LogP contribution in [-0.2, 0) is 0 Å². The van der Waals surface area contributed by atoms with E-state index in [4.69, 9.17) is 20.8 Å². The average molecular weight is 206 g/mol. The lowest BCUT2D eigenvalue weighted by Gasteiger charge is -2.09. The maximum Gasteiger partial charge on any atom is 0.339 e. The molecule has 1 aromatic rings. The van der Waals surface area contributed by atoms with Crippen molar-refractivity contribution in [3.8, 4) is 11.8 Å². The Balaban J connectivity index is 3.37. The zero-order chi connectivity index (χ0) is 11.4. The smallest absolute Gasteiger partial charge is 0.339 e. The Morgan fingerprint density at radius 2 is 2.33 bits per heavy atom. The molecule has 1 aromatic carbocycles. The fraction of sp³-hybridized carbons (Fsp3) is 0.200. The lowest BCUT2D eigenvalue weighted by Crippen LogP contribution is -2.08. The summed E-state index contributed by atoms with van der Waals surface area (Å²) in [6.07, 6.45) is 0. The molecule has 5 nitrogen and oxygen atoms in total. The summed E-state index contributed by atoms with van der Waals surface area (Å²) in [5.74, 6) is -0.945. The Kier molecular flexibility index (Phi) is 3.13. The standard InChI is InChI=1S/C10H10N2O3/c1-2-15-7-4-3-6(5-11)8(9(7)12)10(13)14/h3-4H,2,12H2,1H3,(H,13,14). The molecular weight excluding hydrogens is 196 g/mol. The normalized spacial score (nSPS) is 9.33. The first-order chi connectivity index (χ1) is 7.11. The van der Waals surface area contributed by atoms with E-state index in [9.17, 15) is 4.79 Å². The predicted octanol–water partition coefficient (Wildman–Crippen LogP) is 1.24. The van der Waals surface area contributed by atoms with Crippen molar-refractivity contribution in [2.24, 2.45) is 0 Å². The highest BCUT2D eigenvalue weighted by Crippen LogP contribution is 2.28. The van der Waals surface area contributed by atoms with E-state index in [0.717, 1.165) is 0 Å². The van der Waals surface area contributed by atoms with E-state index in [1.807, 2.05) is 0 Å². The van der Waals surface area contributed by atoms with Crippen molar-refractivity contribution < 1.29 is 14.6 Å². The SMILES string of the molecule is CCOc1ccc(C#N)c(C(=O)O)c1N. The molecule has 0 unspecified atom stereocenters. The summed E-state index contributed by atoms with van der Waals surface area (Å²) >= 11 is 0. The fourth-order valence-electron chi connectivity index (χ4n) is 1.21. The van der Waals surface area contributed by atoms with Crippen LogP contribution in [0.1, 0.15) is 22.8 Å². The van der Waals surface area contributed by atoms with Crippen molar-refractivity contribution in [1.29, 1.82) is 5.26 Å². The first-order valence-electron chi connectivity index (χ1n) is 4.30. The van der Waals surface area contributed by atoms with Crippen molar-refractivity contribution in [3.63, 3.8) is 0 Å². The van der Waals surface area contributed by atoms with Gasteiger partial charge in [-0.15, -0.1) is 0 Å². The molecular formula is C10H10N2O3. The minimum absolute atomic E-state index is 0.0107. The van der Waals surface area contributed by atoms with Crippen LogP contribution in [0.4, 0.5) is 5.69 Å². The highest BCUT2D eigenvalue weighted by atomic mass is 16.5. The molecule has 0 aliphatic carbocycles. The number of aromatic carboxylic acids is 1. The van der Waals surface area contributed by atoms with Gasteiger partial charge in [0, 0.05) is 0 Å². The Bertz CT molecular complexity index is 435. The van der Waals surface area contributed by atoms with Gasteiger partial charge in [0.2, 0.25) is 0 Å². The van der Waals surface area contributed by atoms with Crippen LogP contribution in [0.2, 0.25) is 0 Å². The Hall–Kier alpha value is -2.22. The lowest BCUT2D eigenvalue weighted by atomic mass is 10.1. The Morgan fingerprint density at radius 3 is 2.80 bits per heavy atom. The molecule has 3 N–H and O–H groups in total. The summed E-state index contributed by atoms with van der Waals surface area (Å²) < 4.78 is 5.13. The number of hydrogen-bond acceptors (Lipinski definition) is 4. The predicted molar refractivity (Wildman–Crippen MR) is 53.7 cm³/mol. The van der Waals surface area contributed by atoms with Crippen LogP contribution in [0, 0.1) is 11.3 Å². The van der Waals surface area contributed by atoms with Gasteiger partial charge in [-0.05, 0) is 19.1 Å². The average Bonchev–Trinajstić information content (AvgIpc) is 2.20. The van der Waals surface area contributed by atoms with E-state index in [1.54, 1.807) is 13.0 Å². The van der Waals surface area contributed by atoms with Crippen molar-refractivity contribution in [1.82, 2.24) is 0 Å². The topological polar surface area (TPSA) is 96.3 Å². The summed E-state index contributed by atoms with van der Waals surface area (Å²) in [6, 6.07) is 4.64. The molecule has 0 spiro atoms. The number of carboxylic acids is 1. The van der Waals surface area contributed by atoms with Gasteiger partial charge in [-0.3, -0.25) is 0 Å². The van der Waals surface area contributed by atoms with Crippen molar-refractivity contribution in [2.45, 2.75) is 6.92 Å². The second-order valence-electron chi connectivity index (χ2n) is 2.75. The number of carboxylic acid groups (broad SMARTS) is 1. The largest absolute Gasteiger partial charge is 0.492 e. The number of rotatable bonds is 3. The minimum atomic E-state index is -1.23. The summed E-state index contributed by atoms with van der Waals surface area (Å²) in [5.41, 5.74) is 5.40. The van der Waals surface area contributed by atoms with Crippen LogP contribution < -0.4 is 10.5 Å². The number of carbonyl (C=O) groups is 1. The number of nitrogen functional groups attached to an aromatic ring is 1. The van der Waals surface area contributed by atoms with Crippen LogP contribution in [0.3, 0.4) is 0 Å². The first kappa shape index (κ1) is 10.9. The van der Waals surface area contributed by atoms with E-state index < -0.39 is 5.97 Å². The van der Waals surface area contributed by atoms with Gasteiger partial charge in [0.05, 0.1) is 17.9 Å². The Labute approximate surface area is 86.7 Å². The van der Waals surface area contributed by atoms with Gasteiger partial charge in [0.25, 0.3) is 0 Å². The van der Waals surface area contributed by atoms with Crippen LogP contribution >= 0.6 is 0 Å². The highest BCUT2D eigenvalue weighted by molar-refractivity contribution is 5.98. The van der Waals surface area contributed by atoms with E-state index in [0.29, 0.717) is 6.61 Å². The van der Waals surface area contributed by atoms with E-state index >= 15 is 0 Å². The maximum absolute atomic E-state index is 10.9. The lowest BCUT2D eigenvalue weighted by molar-refractivity contribution is 0.0697. The first-order valence-corrected chi connectivity index (χ1v) is 4.30. The van der Waals surface area contributed by atoms with E-state index in [1.165, 1.54) is 12.1 Å². The van der Waals surface area contributed by atoms with Crippen molar-refractivity contribution >= 4 is 11.7 Å². The molecule has 0 heterocycles. The summed E-state index contributed by atoms with van der Waals surface area (Å²) in [5, 5.41) is 17.6. The van der Waals surface area contributed by atoms with E-state index in [-0.39, 0.29) is 22.6 Å². The van der Waals surface area contributed by atoms with Crippen molar-refractivity contribution in [2.75, 3.05) is 12.3 Å². The van der Waals surface area contributed by atoms with Gasteiger partial charge in [-0.1, -0.05) is 0 Å². The summed E-state index contributed by atoms with van der Waals surface area (Å²) in [6.45, 7) is 2.15. The highest BCUT2D eigenvalue weighted by Gasteiger charge is 2.17. The number of hydrogen-bond donors (Lipinski definition) is 2. The molecule has 15 heavy (non-hydrogen) atoms. The second-order valence-corrected chi connectivity index (χ2v) is 2.75. The van der Waals surface area contributed by atoms with Gasteiger partial charge < -0.3 is 15.6 Å². The summed E-state index contributed by atoms with van der Waals surface area (Å²) in [7, 11) is 0. The van der Waals surface area contributed by atoms with Crippen molar-refractivity contribution in [3.05, 3.63) is 23.3 Å². The molecule has 0 fully saturated rings. The van der Waals surface area contributed by atoms with Gasteiger partial charge in [0.1, 0.15) is 17.4 Å². The second kappa shape index (κ2) is 4.33. The third-order valence-corrected chi connectivity index (χ3v) is 1.84. The quantitative estimate of drug-likeness (QED) is 0.725.